The van der Waals surface area contributed by atoms with Crippen LogP contribution in [0.5, 0.6) is 0 Å². The van der Waals surface area contributed by atoms with Crippen molar-refractivity contribution in [3.63, 3.8) is 0 Å². The first kappa shape index (κ1) is 17.1. The van der Waals surface area contributed by atoms with Gasteiger partial charge in [0.2, 0.25) is 0 Å². The van der Waals surface area contributed by atoms with E-state index in [1.54, 1.807) is 0 Å². The molecule has 0 heteroatoms. The summed E-state index contributed by atoms with van der Waals surface area (Å²) in [5, 5.41) is 0. The minimum atomic E-state index is 0. The van der Waals surface area contributed by atoms with Crippen LogP contribution in [0.25, 0.3) is 0 Å². The summed E-state index contributed by atoms with van der Waals surface area (Å²) in [6.07, 6.45) is 0. The molecule has 0 radical (unpaired) electrons. The monoisotopic (exact) mass is 278 g/mol. The van der Waals surface area contributed by atoms with Gasteiger partial charge in [-0.3, -0.25) is 0 Å². The minimum Gasteiger partial charge on any atom is -0.0776 e. The van der Waals surface area contributed by atoms with Crippen molar-refractivity contribution < 1.29 is 0 Å². The van der Waals surface area contributed by atoms with Gasteiger partial charge in [0.25, 0.3) is 0 Å². The van der Waals surface area contributed by atoms with E-state index in [9.17, 15) is 0 Å². The van der Waals surface area contributed by atoms with E-state index in [1.807, 2.05) is 0 Å². The second-order valence-corrected chi connectivity index (χ2v) is 5.80. The summed E-state index contributed by atoms with van der Waals surface area (Å²) in [7, 11) is 0. The maximum Gasteiger partial charge on any atom is 0.0249 e. The fourth-order valence-corrected chi connectivity index (χ4v) is 2.05. The first-order valence-electron chi connectivity index (χ1n) is 7.28. The van der Waals surface area contributed by atoms with Crippen molar-refractivity contribution in [1.82, 2.24) is 0 Å². The van der Waals surface area contributed by atoms with Crippen molar-refractivity contribution in [2.45, 2.75) is 47.0 Å². The van der Waals surface area contributed by atoms with Crippen molar-refractivity contribution in [3.8, 4) is 11.8 Å². The predicted octanol–water partition coefficient (Wildman–Crippen LogP) is 5.97. The van der Waals surface area contributed by atoms with E-state index in [4.69, 9.17) is 0 Å². The number of benzene rings is 2. The summed E-state index contributed by atoms with van der Waals surface area (Å²) in [6, 6.07) is 17.1. The van der Waals surface area contributed by atoms with E-state index in [1.165, 1.54) is 11.1 Å². The van der Waals surface area contributed by atoms with Gasteiger partial charge in [-0.15, -0.1) is 0 Å². The standard InChI is InChI=1S/C20H22.CH4/c1-15(2)19-11-7-17(8-12-19)5-6-18-9-13-20(14-10-18)16(3)4;/h7-16H,1-4H3;1H4. The highest BCUT2D eigenvalue weighted by Gasteiger charge is 1.98. The van der Waals surface area contributed by atoms with Crippen LogP contribution >= 0.6 is 0 Å². The summed E-state index contributed by atoms with van der Waals surface area (Å²) >= 11 is 0. The third-order valence-corrected chi connectivity index (χ3v) is 3.51. The Kier molecular flexibility index (Phi) is 6.25. The first-order chi connectivity index (χ1) is 9.56. The van der Waals surface area contributed by atoms with Crippen molar-refractivity contribution in [3.05, 3.63) is 70.8 Å². The van der Waals surface area contributed by atoms with E-state index < -0.39 is 0 Å². The molecule has 21 heavy (non-hydrogen) atoms. The Morgan fingerprint density at radius 3 is 1.10 bits per heavy atom. The SMILES string of the molecule is C.CC(C)c1ccc(C#Cc2ccc(C(C)C)cc2)cc1. The smallest absolute Gasteiger partial charge is 0.0249 e. The zero-order valence-corrected chi connectivity index (χ0v) is 12.8. The maximum atomic E-state index is 3.23. The molecule has 0 saturated carbocycles. The quantitative estimate of drug-likeness (QED) is 0.594. The molecular weight excluding hydrogens is 252 g/mol. The summed E-state index contributed by atoms with van der Waals surface area (Å²) in [5.74, 6) is 7.59. The molecule has 110 valence electrons. The van der Waals surface area contributed by atoms with E-state index in [0.29, 0.717) is 11.8 Å². The van der Waals surface area contributed by atoms with Crippen molar-refractivity contribution in [1.29, 1.82) is 0 Å². The van der Waals surface area contributed by atoms with Crippen LogP contribution < -0.4 is 0 Å². The summed E-state index contributed by atoms with van der Waals surface area (Å²) < 4.78 is 0. The lowest BCUT2D eigenvalue weighted by atomic mass is 10.0. The second-order valence-electron chi connectivity index (χ2n) is 5.80. The molecule has 2 aromatic carbocycles. The maximum absolute atomic E-state index is 3.23. The fraction of sp³-hybridized carbons (Fsp3) is 0.333. The molecule has 0 spiro atoms. The molecule has 0 amide bonds. The molecule has 2 rings (SSSR count). The molecule has 0 bridgehead atoms. The first-order valence-corrected chi connectivity index (χ1v) is 7.28. The fourth-order valence-electron chi connectivity index (χ4n) is 2.05. The zero-order valence-electron chi connectivity index (χ0n) is 12.8. The highest BCUT2D eigenvalue weighted by molar-refractivity contribution is 5.44. The summed E-state index contributed by atoms with van der Waals surface area (Å²) in [6.45, 7) is 8.82. The van der Waals surface area contributed by atoms with Gasteiger partial charge in [-0.05, 0) is 47.2 Å². The second kappa shape index (κ2) is 7.70. The molecule has 0 aliphatic carbocycles. The van der Waals surface area contributed by atoms with Gasteiger partial charge in [0.15, 0.2) is 0 Å². The minimum absolute atomic E-state index is 0. The molecule has 0 N–H and O–H groups in total. The molecule has 2 aromatic rings. The Morgan fingerprint density at radius 2 is 0.857 bits per heavy atom. The normalized spacial score (nSPS) is 10.0. The average molecular weight is 278 g/mol. The van der Waals surface area contributed by atoms with Gasteiger partial charge in [0.05, 0.1) is 0 Å². The molecule has 0 aliphatic heterocycles. The molecule has 0 fully saturated rings. The summed E-state index contributed by atoms with van der Waals surface area (Å²) in [4.78, 5) is 0. The van der Waals surface area contributed by atoms with Gasteiger partial charge in [-0.25, -0.2) is 0 Å². The van der Waals surface area contributed by atoms with Crippen molar-refractivity contribution >= 4 is 0 Å². The molecular formula is C21H26. The van der Waals surface area contributed by atoms with Crippen LogP contribution in [0.3, 0.4) is 0 Å². The van der Waals surface area contributed by atoms with E-state index in [-0.39, 0.29) is 7.43 Å². The molecule has 0 nitrogen and oxygen atoms in total. The Morgan fingerprint density at radius 1 is 0.571 bits per heavy atom. The van der Waals surface area contributed by atoms with Crippen LogP contribution in [0.2, 0.25) is 0 Å². The molecule has 0 aromatic heterocycles. The highest BCUT2D eigenvalue weighted by Crippen LogP contribution is 2.15. The molecule has 0 heterocycles. The number of hydrogen-bond acceptors (Lipinski definition) is 0. The van der Waals surface area contributed by atoms with Crippen LogP contribution in [0.4, 0.5) is 0 Å². The Balaban J connectivity index is 0.00000220. The summed E-state index contributed by atoms with van der Waals surface area (Å²) in [5.41, 5.74) is 4.86. The molecule has 0 saturated heterocycles. The van der Waals surface area contributed by atoms with Crippen molar-refractivity contribution in [2.75, 3.05) is 0 Å². The van der Waals surface area contributed by atoms with Gasteiger partial charge in [0, 0.05) is 11.1 Å². The van der Waals surface area contributed by atoms with Gasteiger partial charge in [0.1, 0.15) is 0 Å². The Hall–Kier alpha value is -2.00. The van der Waals surface area contributed by atoms with Crippen LogP contribution in [0, 0.1) is 11.8 Å². The lowest BCUT2D eigenvalue weighted by Crippen LogP contribution is -1.87. The van der Waals surface area contributed by atoms with Gasteiger partial charge >= 0.3 is 0 Å². The zero-order chi connectivity index (χ0) is 14.5. The topological polar surface area (TPSA) is 0 Å². The third-order valence-electron chi connectivity index (χ3n) is 3.51. The largest absolute Gasteiger partial charge is 0.0776 e. The van der Waals surface area contributed by atoms with Crippen LogP contribution in [0.1, 0.15) is 69.2 Å². The van der Waals surface area contributed by atoms with Crippen LogP contribution in [-0.2, 0) is 0 Å². The Labute approximate surface area is 130 Å². The lowest BCUT2D eigenvalue weighted by Gasteiger charge is -2.04. The third kappa shape index (κ3) is 4.80. The van der Waals surface area contributed by atoms with Crippen LogP contribution in [-0.4, -0.2) is 0 Å². The van der Waals surface area contributed by atoms with Gasteiger partial charge in [-0.2, -0.15) is 0 Å². The average Bonchev–Trinajstić information content (AvgIpc) is 2.46. The molecule has 0 aliphatic rings. The lowest BCUT2D eigenvalue weighted by molar-refractivity contribution is 0.866. The predicted molar refractivity (Wildman–Crippen MR) is 93.8 cm³/mol. The number of rotatable bonds is 2. The molecule has 0 atom stereocenters. The van der Waals surface area contributed by atoms with E-state index in [2.05, 4.69) is 88.1 Å². The number of hydrogen-bond donors (Lipinski definition) is 0. The van der Waals surface area contributed by atoms with Gasteiger partial charge in [-0.1, -0.05) is 71.2 Å². The highest BCUT2D eigenvalue weighted by atomic mass is 14.0. The van der Waals surface area contributed by atoms with Gasteiger partial charge < -0.3 is 0 Å². The molecule has 0 unspecified atom stereocenters. The van der Waals surface area contributed by atoms with E-state index >= 15 is 0 Å². The van der Waals surface area contributed by atoms with E-state index in [0.717, 1.165) is 11.1 Å². The van der Waals surface area contributed by atoms with Crippen molar-refractivity contribution in [2.24, 2.45) is 0 Å². The van der Waals surface area contributed by atoms with Crippen LogP contribution in [0.15, 0.2) is 48.5 Å². The Bertz CT molecular complexity index is 546.